The summed E-state index contributed by atoms with van der Waals surface area (Å²) in [5, 5.41) is 4.02. The van der Waals surface area contributed by atoms with Gasteiger partial charge in [0.1, 0.15) is 0 Å². The van der Waals surface area contributed by atoms with Gasteiger partial charge in [-0.2, -0.15) is 0 Å². The van der Waals surface area contributed by atoms with Crippen LogP contribution >= 0.6 is 11.5 Å². The second-order valence-electron chi connectivity index (χ2n) is 4.33. The zero-order chi connectivity index (χ0) is 13.3. The van der Waals surface area contributed by atoms with Crippen LogP contribution in [0.2, 0.25) is 0 Å². The highest BCUT2D eigenvalue weighted by Gasteiger charge is 2.20. The maximum atomic E-state index is 13.2. The summed E-state index contributed by atoms with van der Waals surface area (Å²) in [4.78, 5) is 0.788. The molecule has 0 fully saturated rings. The predicted molar refractivity (Wildman–Crippen MR) is 66.4 cm³/mol. The number of aromatic nitrogens is 2. The Morgan fingerprint density at radius 1 is 1.22 bits per heavy atom. The van der Waals surface area contributed by atoms with Gasteiger partial charge in [0, 0.05) is 0 Å². The molecule has 0 amide bonds. The molecule has 1 aromatic heterocycles. The van der Waals surface area contributed by atoms with Gasteiger partial charge in [0.2, 0.25) is 0 Å². The Morgan fingerprint density at radius 2 is 1.94 bits per heavy atom. The maximum absolute atomic E-state index is 13.2. The number of halogens is 2. The highest BCUT2D eigenvalue weighted by molar-refractivity contribution is 7.05. The van der Waals surface area contributed by atoms with E-state index in [4.69, 9.17) is 5.73 Å². The smallest absolute Gasteiger partial charge is 0.159 e. The molecule has 2 rings (SSSR count). The summed E-state index contributed by atoms with van der Waals surface area (Å²) in [6, 6.07) is 3.14. The lowest BCUT2D eigenvalue weighted by Crippen LogP contribution is -2.13. The first-order valence-electron chi connectivity index (χ1n) is 5.53. The second-order valence-corrected chi connectivity index (χ2v) is 5.11. The van der Waals surface area contributed by atoms with Gasteiger partial charge in [0.05, 0.1) is 16.6 Å². The van der Waals surface area contributed by atoms with Crippen LogP contribution in [0.4, 0.5) is 8.78 Å². The molecule has 1 unspecified atom stereocenters. The standard InChI is InChI=1S/C12H13F2N3S/c1-6(2)11-12(18-17-16-11)10(15)7-3-4-8(13)9(14)5-7/h3-6,10H,15H2,1-2H3. The molecule has 1 aromatic carbocycles. The highest BCUT2D eigenvalue weighted by Crippen LogP contribution is 2.29. The van der Waals surface area contributed by atoms with Crippen LogP contribution in [0.25, 0.3) is 0 Å². The molecule has 0 bridgehead atoms. The molecule has 18 heavy (non-hydrogen) atoms. The lowest BCUT2D eigenvalue weighted by atomic mass is 10.0. The quantitative estimate of drug-likeness (QED) is 0.932. The predicted octanol–water partition coefficient (Wildman–Crippen LogP) is 2.99. The van der Waals surface area contributed by atoms with Crippen molar-refractivity contribution in [1.82, 2.24) is 9.59 Å². The number of nitrogens with two attached hydrogens (primary N) is 1. The molecular formula is C12H13F2N3S. The Kier molecular flexibility index (Phi) is 3.68. The van der Waals surface area contributed by atoms with E-state index in [9.17, 15) is 8.78 Å². The van der Waals surface area contributed by atoms with Crippen molar-refractivity contribution in [2.24, 2.45) is 5.73 Å². The Balaban J connectivity index is 2.38. The first-order valence-corrected chi connectivity index (χ1v) is 6.30. The van der Waals surface area contributed by atoms with Crippen LogP contribution in [0.1, 0.15) is 41.9 Å². The summed E-state index contributed by atoms with van der Waals surface area (Å²) in [7, 11) is 0. The Morgan fingerprint density at radius 3 is 2.56 bits per heavy atom. The van der Waals surface area contributed by atoms with Gasteiger partial charge in [-0.25, -0.2) is 8.78 Å². The van der Waals surface area contributed by atoms with Crippen LogP contribution in [0, 0.1) is 11.6 Å². The molecule has 1 heterocycles. The van der Waals surface area contributed by atoms with E-state index in [1.54, 1.807) is 0 Å². The van der Waals surface area contributed by atoms with Gasteiger partial charge in [-0.3, -0.25) is 0 Å². The SMILES string of the molecule is CC(C)c1nnsc1C(N)c1ccc(F)c(F)c1. The maximum Gasteiger partial charge on any atom is 0.159 e. The van der Waals surface area contributed by atoms with E-state index >= 15 is 0 Å². The molecular weight excluding hydrogens is 256 g/mol. The highest BCUT2D eigenvalue weighted by atomic mass is 32.1. The summed E-state index contributed by atoms with van der Waals surface area (Å²) in [6.45, 7) is 3.97. The lowest BCUT2D eigenvalue weighted by molar-refractivity contribution is 0.506. The first kappa shape index (κ1) is 13.0. The van der Waals surface area contributed by atoms with E-state index in [0.29, 0.717) is 5.56 Å². The summed E-state index contributed by atoms with van der Waals surface area (Å²) >= 11 is 1.19. The summed E-state index contributed by atoms with van der Waals surface area (Å²) in [5.74, 6) is -1.58. The molecule has 2 aromatic rings. The normalized spacial score (nSPS) is 13.0. The van der Waals surface area contributed by atoms with Crippen LogP contribution in [0.15, 0.2) is 18.2 Å². The van der Waals surface area contributed by atoms with Gasteiger partial charge >= 0.3 is 0 Å². The first-order chi connectivity index (χ1) is 8.50. The minimum atomic E-state index is -0.897. The molecule has 0 aliphatic rings. The van der Waals surface area contributed by atoms with E-state index in [-0.39, 0.29) is 5.92 Å². The Hall–Kier alpha value is -1.40. The van der Waals surface area contributed by atoms with E-state index in [0.717, 1.165) is 22.7 Å². The molecule has 0 radical (unpaired) electrons. The van der Waals surface area contributed by atoms with E-state index in [1.165, 1.54) is 17.6 Å². The van der Waals surface area contributed by atoms with Gasteiger partial charge in [-0.15, -0.1) is 5.10 Å². The molecule has 96 valence electrons. The third kappa shape index (κ3) is 2.39. The van der Waals surface area contributed by atoms with Gasteiger partial charge in [-0.1, -0.05) is 24.4 Å². The fraction of sp³-hybridized carbons (Fsp3) is 0.333. The molecule has 0 saturated heterocycles. The number of nitrogens with zero attached hydrogens (tertiary/aromatic N) is 2. The number of hydrogen-bond acceptors (Lipinski definition) is 4. The lowest BCUT2D eigenvalue weighted by Gasteiger charge is -2.12. The van der Waals surface area contributed by atoms with Crippen LogP contribution in [0.3, 0.4) is 0 Å². The molecule has 0 spiro atoms. The van der Waals surface area contributed by atoms with Crippen molar-refractivity contribution >= 4 is 11.5 Å². The summed E-state index contributed by atoms with van der Waals surface area (Å²) < 4.78 is 29.9. The molecule has 3 nitrogen and oxygen atoms in total. The minimum Gasteiger partial charge on any atom is -0.319 e. The van der Waals surface area contributed by atoms with Crippen molar-refractivity contribution in [2.75, 3.05) is 0 Å². The Bertz CT molecular complexity index is 554. The van der Waals surface area contributed by atoms with Gasteiger partial charge < -0.3 is 5.73 Å². The average molecular weight is 269 g/mol. The molecule has 0 aliphatic heterocycles. The van der Waals surface area contributed by atoms with E-state index in [1.807, 2.05) is 13.8 Å². The molecule has 2 N–H and O–H groups in total. The molecule has 0 aliphatic carbocycles. The van der Waals surface area contributed by atoms with Crippen molar-refractivity contribution in [3.05, 3.63) is 46.0 Å². The molecule has 6 heteroatoms. The van der Waals surface area contributed by atoms with Crippen LogP contribution in [-0.2, 0) is 0 Å². The molecule has 0 saturated carbocycles. The largest absolute Gasteiger partial charge is 0.319 e. The second kappa shape index (κ2) is 5.07. The molecule has 1 atom stereocenters. The van der Waals surface area contributed by atoms with Gasteiger partial charge in [0.25, 0.3) is 0 Å². The summed E-state index contributed by atoms with van der Waals surface area (Å²) in [6.07, 6.45) is 0. The van der Waals surface area contributed by atoms with E-state index in [2.05, 4.69) is 9.59 Å². The van der Waals surface area contributed by atoms with Crippen molar-refractivity contribution in [3.63, 3.8) is 0 Å². The average Bonchev–Trinajstić information content (AvgIpc) is 2.81. The number of benzene rings is 1. The summed E-state index contributed by atoms with van der Waals surface area (Å²) in [5.41, 5.74) is 7.38. The number of rotatable bonds is 3. The third-order valence-electron chi connectivity index (χ3n) is 2.67. The van der Waals surface area contributed by atoms with Crippen molar-refractivity contribution in [3.8, 4) is 0 Å². The fourth-order valence-corrected chi connectivity index (χ4v) is 2.51. The van der Waals surface area contributed by atoms with Crippen molar-refractivity contribution in [1.29, 1.82) is 0 Å². The van der Waals surface area contributed by atoms with Crippen molar-refractivity contribution < 1.29 is 8.78 Å². The third-order valence-corrected chi connectivity index (χ3v) is 3.50. The Labute approximate surface area is 108 Å². The topological polar surface area (TPSA) is 51.8 Å². The monoisotopic (exact) mass is 269 g/mol. The number of hydrogen-bond donors (Lipinski definition) is 1. The minimum absolute atomic E-state index is 0.190. The van der Waals surface area contributed by atoms with Crippen LogP contribution in [-0.4, -0.2) is 9.59 Å². The van der Waals surface area contributed by atoms with Gasteiger partial charge in [-0.05, 0) is 35.1 Å². The fourth-order valence-electron chi connectivity index (χ4n) is 1.68. The zero-order valence-corrected chi connectivity index (χ0v) is 10.8. The van der Waals surface area contributed by atoms with Crippen LogP contribution in [0.5, 0.6) is 0 Å². The zero-order valence-electron chi connectivity index (χ0n) is 10.0. The van der Waals surface area contributed by atoms with Crippen molar-refractivity contribution in [2.45, 2.75) is 25.8 Å². The van der Waals surface area contributed by atoms with Crippen LogP contribution < -0.4 is 5.73 Å². The van der Waals surface area contributed by atoms with E-state index < -0.39 is 17.7 Å². The van der Waals surface area contributed by atoms with Gasteiger partial charge in [0.15, 0.2) is 11.6 Å².